The predicted octanol–water partition coefficient (Wildman–Crippen LogP) is 0.902. The number of β-amino-alcohol motifs (C(OH)–C–C–N with tert-alkyl or cyclic N) is 1. The SMILES string of the molecule is CC1(C(=O)N2CCC(O)(C(F)(F)F)C2)CCCNC1. The molecule has 2 fully saturated rings. The molecule has 2 atom stereocenters. The summed E-state index contributed by atoms with van der Waals surface area (Å²) < 4.78 is 38.2. The lowest BCUT2D eigenvalue weighted by Crippen LogP contribution is -2.52. The lowest BCUT2D eigenvalue weighted by molar-refractivity contribution is -0.253. The highest BCUT2D eigenvalue weighted by atomic mass is 19.4. The highest BCUT2D eigenvalue weighted by Gasteiger charge is 2.58. The van der Waals surface area contributed by atoms with Crippen molar-refractivity contribution in [3.8, 4) is 0 Å². The van der Waals surface area contributed by atoms with E-state index in [9.17, 15) is 23.1 Å². The first-order chi connectivity index (χ1) is 8.68. The second kappa shape index (κ2) is 4.63. The monoisotopic (exact) mass is 280 g/mol. The topological polar surface area (TPSA) is 52.6 Å². The molecular formula is C12H19F3N2O2. The summed E-state index contributed by atoms with van der Waals surface area (Å²) in [7, 11) is 0. The Morgan fingerprint density at radius 2 is 2.05 bits per heavy atom. The molecule has 19 heavy (non-hydrogen) atoms. The number of carbonyl (C=O) groups excluding carboxylic acids is 1. The Labute approximate surface area is 110 Å². The summed E-state index contributed by atoms with van der Waals surface area (Å²) in [4.78, 5) is 13.5. The molecule has 2 unspecified atom stereocenters. The van der Waals surface area contributed by atoms with E-state index in [1.807, 2.05) is 0 Å². The second-order valence-electron chi connectivity index (χ2n) is 5.85. The van der Waals surface area contributed by atoms with Crippen LogP contribution in [-0.2, 0) is 4.79 Å². The molecule has 0 saturated carbocycles. The molecule has 2 heterocycles. The molecule has 2 N–H and O–H groups in total. The molecule has 0 aliphatic carbocycles. The first kappa shape index (κ1) is 14.6. The van der Waals surface area contributed by atoms with Crippen LogP contribution in [0.15, 0.2) is 0 Å². The van der Waals surface area contributed by atoms with Crippen molar-refractivity contribution < 1.29 is 23.1 Å². The number of likely N-dealkylation sites (tertiary alicyclic amines) is 1. The zero-order valence-electron chi connectivity index (χ0n) is 10.9. The average molecular weight is 280 g/mol. The molecule has 0 spiro atoms. The fraction of sp³-hybridized carbons (Fsp3) is 0.917. The van der Waals surface area contributed by atoms with Crippen molar-refractivity contribution >= 4 is 5.91 Å². The van der Waals surface area contributed by atoms with E-state index < -0.39 is 30.2 Å². The lowest BCUT2D eigenvalue weighted by Gasteiger charge is -2.36. The zero-order valence-corrected chi connectivity index (χ0v) is 10.9. The Morgan fingerprint density at radius 3 is 2.53 bits per heavy atom. The van der Waals surface area contributed by atoms with Gasteiger partial charge in [0.15, 0.2) is 5.60 Å². The predicted molar refractivity (Wildman–Crippen MR) is 62.4 cm³/mol. The van der Waals surface area contributed by atoms with Crippen molar-refractivity contribution in [3.63, 3.8) is 0 Å². The van der Waals surface area contributed by atoms with Gasteiger partial charge in [0.25, 0.3) is 0 Å². The minimum absolute atomic E-state index is 0.0373. The van der Waals surface area contributed by atoms with Crippen molar-refractivity contribution in [2.45, 2.75) is 38.0 Å². The third-order valence-electron chi connectivity index (χ3n) is 4.18. The third kappa shape index (κ3) is 2.58. The Morgan fingerprint density at radius 1 is 1.37 bits per heavy atom. The number of nitrogens with one attached hydrogen (secondary N) is 1. The number of halogens is 3. The first-order valence-electron chi connectivity index (χ1n) is 6.47. The fourth-order valence-corrected chi connectivity index (χ4v) is 2.82. The van der Waals surface area contributed by atoms with Gasteiger partial charge in [0.1, 0.15) is 0 Å². The van der Waals surface area contributed by atoms with Crippen LogP contribution in [-0.4, -0.2) is 53.9 Å². The average Bonchev–Trinajstić information content (AvgIpc) is 2.72. The summed E-state index contributed by atoms with van der Waals surface area (Å²) in [5.74, 6) is -0.292. The van der Waals surface area contributed by atoms with Gasteiger partial charge in [-0.15, -0.1) is 0 Å². The molecule has 2 rings (SSSR count). The van der Waals surface area contributed by atoms with Gasteiger partial charge in [-0.2, -0.15) is 13.2 Å². The van der Waals surface area contributed by atoms with Crippen LogP contribution in [0.3, 0.4) is 0 Å². The van der Waals surface area contributed by atoms with E-state index in [2.05, 4.69) is 5.32 Å². The van der Waals surface area contributed by atoms with Crippen LogP contribution in [0.25, 0.3) is 0 Å². The van der Waals surface area contributed by atoms with Gasteiger partial charge in [0, 0.05) is 19.5 Å². The Bertz CT molecular complexity index is 366. The van der Waals surface area contributed by atoms with Crippen LogP contribution >= 0.6 is 0 Å². The summed E-state index contributed by atoms with van der Waals surface area (Å²) in [5.41, 5.74) is -3.41. The van der Waals surface area contributed by atoms with Gasteiger partial charge < -0.3 is 15.3 Å². The van der Waals surface area contributed by atoms with Crippen molar-refractivity contribution in [1.82, 2.24) is 10.2 Å². The van der Waals surface area contributed by atoms with E-state index in [0.717, 1.165) is 17.9 Å². The summed E-state index contributed by atoms with van der Waals surface area (Å²) in [6.45, 7) is 2.39. The van der Waals surface area contributed by atoms with Crippen LogP contribution in [0.2, 0.25) is 0 Å². The zero-order chi connectivity index (χ0) is 14.3. The molecule has 110 valence electrons. The smallest absolute Gasteiger partial charge is 0.379 e. The van der Waals surface area contributed by atoms with Crippen LogP contribution in [0.1, 0.15) is 26.2 Å². The Hall–Kier alpha value is -0.820. The molecule has 0 aromatic carbocycles. The van der Waals surface area contributed by atoms with Crippen LogP contribution in [0, 0.1) is 5.41 Å². The number of alkyl halides is 3. The maximum atomic E-state index is 12.7. The number of amides is 1. The molecule has 0 radical (unpaired) electrons. The number of piperidine rings is 1. The number of carbonyl (C=O) groups is 1. The highest BCUT2D eigenvalue weighted by Crippen LogP contribution is 2.39. The van der Waals surface area contributed by atoms with Crippen LogP contribution in [0.4, 0.5) is 13.2 Å². The number of hydrogen-bond donors (Lipinski definition) is 2. The van der Waals surface area contributed by atoms with E-state index in [1.54, 1.807) is 6.92 Å². The van der Waals surface area contributed by atoms with Gasteiger partial charge in [-0.25, -0.2) is 0 Å². The van der Waals surface area contributed by atoms with Crippen molar-refractivity contribution in [2.24, 2.45) is 5.41 Å². The molecule has 0 aromatic heterocycles. The number of hydrogen-bond acceptors (Lipinski definition) is 3. The number of aliphatic hydroxyl groups is 1. The van der Waals surface area contributed by atoms with E-state index in [0.29, 0.717) is 13.0 Å². The Kier molecular flexibility index (Phi) is 3.55. The molecule has 1 amide bonds. The normalized spacial score (nSPS) is 36.6. The molecule has 0 bridgehead atoms. The first-order valence-corrected chi connectivity index (χ1v) is 6.47. The molecule has 0 aromatic rings. The highest BCUT2D eigenvalue weighted by molar-refractivity contribution is 5.83. The van der Waals surface area contributed by atoms with Crippen LogP contribution in [0.5, 0.6) is 0 Å². The molecule has 2 saturated heterocycles. The van der Waals surface area contributed by atoms with E-state index in [4.69, 9.17) is 0 Å². The molecule has 4 nitrogen and oxygen atoms in total. The molecule has 2 aliphatic heterocycles. The van der Waals surface area contributed by atoms with Gasteiger partial charge in [-0.05, 0) is 26.3 Å². The Balaban J connectivity index is 2.06. The minimum Gasteiger partial charge on any atom is -0.379 e. The summed E-state index contributed by atoms with van der Waals surface area (Å²) >= 11 is 0. The number of rotatable bonds is 1. The van der Waals surface area contributed by atoms with Crippen LogP contribution < -0.4 is 5.32 Å². The molecular weight excluding hydrogens is 261 g/mol. The fourth-order valence-electron chi connectivity index (χ4n) is 2.82. The summed E-state index contributed by atoms with van der Waals surface area (Å²) in [6, 6.07) is 0. The second-order valence-corrected chi connectivity index (χ2v) is 5.85. The number of nitrogens with zero attached hydrogens (tertiary/aromatic N) is 1. The van der Waals surface area contributed by atoms with Gasteiger partial charge in [-0.1, -0.05) is 0 Å². The third-order valence-corrected chi connectivity index (χ3v) is 4.18. The maximum absolute atomic E-state index is 12.7. The summed E-state index contributed by atoms with van der Waals surface area (Å²) in [5, 5.41) is 12.7. The van der Waals surface area contributed by atoms with E-state index >= 15 is 0 Å². The molecule has 2 aliphatic rings. The van der Waals surface area contributed by atoms with Gasteiger partial charge in [0.05, 0.1) is 12.0 Å². The van der Waals surface area contributed by atoms with Crippen molar-refractivity contribution in [1.29, 1.82) is 0 Å². The maximum Gasteiger partial charge on any atom is 0.419 e. The van der Waals surface area contributed by atoms with Gasteiger partial charge in [-0.3, -0.25) is 4.79 Å². The van der Waals surface area contributed by atoms with Gasteiger partial charge >= 0.3 is 6.18 Å². The van der Waals surface area contributed by atoms with E-state index in [1.165, 1.54) is 0 Å². The van der Waals surface area contributed by atoms with Crippen molar-refractivity contribution in [2.75, 3.05) is 26.2 Å². The van der Waals surface area contributed by atoms with E-state index in [-0.39, 0.29) is 12.5 Å². The van der Waals surface area contributed by atoms with Gasteiger partial charge in [0.2, 0.25) is 5.91 Å². The largest absolute Gasteiger partial charge is 0.419 e. The quantitative estimate of drug-likeness (QED) is 0.750. The summed E-state index contributed by atoms with van der Waals surface area (Å²) in [6.07, 6.45) is -3.63. The molecule has 7 heteroatoms. The lowest BCUT2D eigenvalue weighted by atomic mass is 9.81. The minimum atomic E-state index is -4.69. The van der Waals surface area contributed by atoms with Crippen molar-refractivity contribution in [3.05, 3.63) is 0 Å². The standard InChI is InChI=1S/C12H19F3N2O2/c1-10(3-2-5-16-7-10)9(18)17-6-4-11(19,8-17)12(13,14)15/h16,19H,2-8H2,1H3.